The van der Waals surface area contributed by atoms with Crippen molar-refractivity contribution >= 4 is 43.5 Å². The maximum absolute atomic E-state index is 13.3. The maximum atomic E-state index is 13.3. The van der Waals surface area contributed by atoms with Gasteiger partial charge in [0.05, 0.1) is 11.1 Å². The van der Waals surface area contributed by atoms with Crippen molar-refractivity contribution < 1.29 is 8.83 Å². The lowest BCUT2D eigenvalue weighted by molar-refractivity contribution is 0.563. The van der Waals surface area contributed by atoms with E-state index < -0.39 is 0 Å². The molecule has 0 saturated heterocycles. The summed E-state index contributed by atoms with van der Waals surface area (Å²) in [6.45, 7) is 13.2. The van der Waals surface area contributed by atoms with E-state index in [0.717, 1.165) is 54.6 Å². The summed E-state index contributed by atoms with van der Waals surface area (Å²) in [4.78, 5) is 26.7. The van der Waals surface area contributed by atoms with E-state index in [1.807, 2.05) is 84.9 Å². The zero-order valence-electron chi connectivity index (χ0n) is 29.2. The van der Waals surface area contributed by atoms with Crippen molar-refractivity contribution in [3.8, 4) is 33.4 Å². The number of hydrogen-bond acceptors (Lipinski definition) is 4. The SMILES string of the molecule is CC(C)(C)c1ccc2c(ccc3oc(=O)c(-c4cccc(-c5cccc(-c6cc7c(ccc8cc(C(C)(C)C)ccc87)oc6=O)c5)c4)cc32)c1. The standard InChI is InChI=1S/C46H38O4/c1-45(2,3)33-15-17-35-31(23-33)13-19-41-39(35)25-37(43(47)49-41)29-11-7-9-27(21-29)28-10-8-12-30(22-28)38-26-40-36-18-16-34(46(4,5)6)24-32(36)14-20-42(40)50-44(38)48/h7-26H,1-6H3. The third-order valence-corrected chi connectivity index (χ3v) is 9.88. The monoisotopic (exact) mass is 654 g/mol. The minimum absolute atomic E-state index is 0.0263. The molecule has 0 saturated carbocycles. The van der Waals surface area contributed by atoms with Gasteiger partial charge in [-0.1, -0.05) is 126 Å². The van der Waals surface area contributed by atoms with Gasteiger partial charge in [0.25, 0.3) is 0 Å². The predicted octanol–water partition coefficient (Wildman–Crippen LogP) is 11.8. The highest BCUT2D eigenvalue weighted by Gasteiger charge is 2.18. The maximum Gasteiger partial charge on any atom is 0.344 e. The Morgan fingerprint density at radius 3 is 1.20 bits per heavy atom. The Morgan fingerprint density at radius 1 is 0.400 bits per heavy atom. The molecule has 246 valence electrons. The number of rotatable bonds is 3. The van der Waals surface area contributed by atoms with Crippen molar-refractivity contribution in [3.05, 3.63) is 153 Å². The zero-order chi connectivity index (χ0) is 34.9. The van der Waals surface area contributed by atoms with Gasteiger partial charge < -0.3 is 8.83 Å². The summed E-state index contributed by atoms with van der Waals surface area (Å²) in [6, 6.07) is 40.5. The fourth-order valence-corrected chi connectivity index (χ4v) is 6.93. The molecule has 2 aromatic heterocycles. The number of benzene rings is 6. The third kappa shape index (κ3) is 5.51. The molecule has 0 aliphatic rings. The van der Waals surface area contributed by atoms with Gasteiger partial charge in [0, 0.05) is 10.8 Å². The molecule has 0 radical (unpaired) electrons. The molecule has 0 bridgehead atoms. The van der Waals surface area contributed by atoms with Crippen LogP contribution in [0.4, 0.5) is 0 Å². The van der Waals surface area contributed by atoms with E-state index in [2.05, 4.69) is 77.9 Å². The molecule has 0 N–H and O–H groups in total. The second kappa shape index (κ2) is 11.4. The largest absolute Gasteiger partial charge is 0.422 e. The summed E-state index contributed by atoms with van der Waals surface area (Å²) >= 11 is 0. The van der Waals surface area contributed by atoms with Crippen LogP contribution in [0.15, 0.2) is 140 Å². The molecular weight excluding hydrogens is 617 g/mol. The van der Waals surface area contributed by atoms with E-state index in [9.17, 15) is 9.59 Å². The van der Waals surface area contributed by atoms with Gasteiger partial charge in [0.1, 0.15) is 11.2 Å². The molecule has 6 aromatic carbocycles. The topological polar surface area (TPSA) is 60.4 Å². The van der Waals surface area contributed by atoms with Crippen molar-refractivity contribution in [1.82, 2.24) is 0 Å². The fraction of sp³-hybridized carbons (Fsp3) is 0.174. The fourth-order valence-electron chi connectivity index (χ4n) is 6.93. The molecule has 8 aromatic rings. The molecule has 0 fully saturated rings. The Labute approximate surface area is 290 Å². The van der Waals surface area contributed by atoms with Crippen LogP contribution in [0.1, 0.15) is 52.7 Å². The molecule has 2 heterocycles. The van der Waals surface area contributed by atoms with Gasteiger partial charge in [-0.3, -0.25) is 0 Å². The van der Waals surface area contributed by atoms with Gasteiger partial charge >= 0.3 is 11.3 Å². The summed E-state index contributed by atoms with van der Waals surface area (Å²) in [6.07, 6.45) is 0. The second-order valence-electron chi connectivity index (χ2n) is 15.4. The summed E-state index contributed by atoms with van der Waals surface area (Å²) < 4.78 is 11.8. The van der Waals surface area contributed by atoms with Gasteiger partial charge in [0.15, 0.2) is 0 Å². The highest BCUT2D eigenvalue weighted by molar-refractivity contribution is 6.08. The van der Waals surface area contributed by atoms with Gasteiger partial charge in [-0.2, -0.15) is 0 Å². The Balaban J connectivity index is 1.20. The average molecular weight is 655 g/mol. The highest BCUT2D eigenvalue weighted by atomic mass is 16.4. The molecule has 4 nitrogen and oxygen atoms in total. The van der Waals surface area contributed by atoms with Crippen LogP contribution >= 0.6 is 0 Å². The van der Waals surface area contributed by atoms with Crippen molar-refractivity contribution in [2.24, 2.45) is 0 Å². The van der Waals surface area contributed by atoms with Crippen molar-refractivity contribution in [2.75, 3.05) is 0 Å². The first-order valence-electron chi connectivity index (χ1n) is 17.1. The van der Waals surface area contributed by atoms with Gasteiger partial charge in [0.2, 0.25) is 0 Å². The van der Waals surface area contributed by atoms with E-state index >= 15 is 0 Å². The van der Waals surface area contributed by atoms with Crippen molar-refractivity contribution in [3.63, 3.8) is 0 Å². The lowest BCUT2D eigenvalue weighted by Crippen LogP contribution is -2.10. The predicted molar refractivity (Wildman–Crippen MR) is 207 cm³/mol. The first kappa shape index (κ1) is 31.5. The van der Waals surface area contributed by atoms with Crippen LogP contribution < -0.4 is 11.3 Å². The molecule has 4 heteroatoms. The first-order chi connectivity index (χ1) is 23.8. The van der Waals surface area contributed by atoms with Crippen LogP contribution in [-0.4, -0.2) is 0 Å². The van der Waals surface area contributed by atoms with E-state index in [1.54, 1.807) is 0 Å². The molecule has 0 spiro atoms. The van der Waals surface area contributed by atoms with E-state index in [-0.39, 0.29) is 22.1 Å². The van der Waals surface area contributed by atoms with Crippen LogP contribution in [0.25, 0.3) is 76.9 Å². The lowest BCUT2D eigenvalue weighted by Gasteiger charge is -2.19. The summed E-state index contributed by atoms with van der Waals surface area (Å²) in [5.74, 6) is 0. The third-order valence-electron chi connectivity index (χ3n) is 9.88. The molecular formula is C46H38O4. The van der Waals surface area contributed by atoms with Crippen molar-refractivity contribution in [1.29, 1.82) is 0 Å². The van der Waals surface area contributed by atoms with Crippen molar-refractivity contribution in [2.45, 2.75) is 52.4 Å². The molecule has 0 atom stereocenters. The van der Waals surface area contributed by atoms with Crippen LogP contribution in [0, 0.1) is 0 Å². The van der Waals surface area contributed by atoms with Gasteiger partial charge in [-0.15, -0.1) is 0 Å². The summed E-state index contributed by atoms with van der Waals surface area (Å²) in [5.41, 5.74) is 7.28. The molecule has 8 rings (SSSR count). The number of hydrogen-bond donors (Lipinski definition) is 0. The van der Waals surface area contributed by atoms with Crippen LogP contribution in [0.2, 0.25) is 0 Å². The quantitative estimate of drug-likeness (QED) is 0.140. The van der Waals surface area contributed by atoms with Gasteiger partial charge in [-0.25, -0.2) is 9.59 Å². The Bertz CT molecular complexity index is 2570. The smallest absolute Gasteiger partial charge is 0.344 e. The molecule has 0 unspecified atom stereocenters. The minimum atomic E-state index is -0.385. The minimum Gasteiger partial charge on any atom is -0.422 e. The lowest BCUT2D eigenvalue weighted by atomic mass is 9.85. The van der Waals surface area contributed by atoms with Gasteiger partial charge in [-0.05, 0) is 102 Å². The second-order valence-corrected chi connectivity index (χ2v) is 15.4. The Morgan fingerprint density at radius 2 is 0.800 bits per heavy atom. The van der Waals surface area contributed by atoms with Crippen LogP contribution in [0.5, 0.6) is 0 Å². The normalized spacial score (nSPS) is 12.4. The van der Waals surface area contributed by atoms with E-state index in [0.29, 0.717) is 22.3 Å². The summed E-state index contributed by atoms with van der Waals surface area (Å²) in [5, 5.41) is 6.10. The average Bonchev–Trinajstić information content (AvgIpc) is 3.09. The first-order valence-corrected chi connectivity index (χ1v) is 17.1. The van der Waals surface area contributed by atoms with Crippen LogP contribution in [-0.2, 0) is 10.8 Å². The molecule has 0 aliphatic carbocycles. The Hall–Kier alpha value is -5.74. The Kier molecular flexibility index (Phi) is 7.20. The molecule has 0 aliphatic heterocycles. The van der Waals surface area contributed by atoms with Crippen LogP contribution in [0.3, 0.4) is 0 Å². The zero-order valence-corrected chi connectivity index (χ0v) is 29.2. The van der Waals surface area contributed by atoms with E-state index in [1.165, 1.54) is 11.1 Å². The number of fused-ring (bicyclic) bond motifs is 6. The summed E-state index contributed by atoms with van der Waals surface area (Å²) in [7, 11) is 0. The highest BCUT2D eigenvalue weighted by Crippen LogP contribution is 2.35. The van der Waals surface area contributed by atoms with E-state index in [4.69, 9.17) is 8.83 Å². The molecule has 50 heavy (non-hydrogen) atoms. The molecule has 0 amide bonds.